The molecular formula is C8H12N2O2S. The van der Waals surface area contributed by atoms with E-state index in [1.54, 1.807) is 13.1 Å². The number of carbonyl (C=O) groups excluding carboxylic acids is 1. The summed E-state index contributed by atoms with van der Waals surface area (Å²) in [4.78, 5) is 16.9. The fourth-order valence-corrected chi connectivity index (χ4v) is 1.59. The van der Waals surface area contributed by atoms with Crippen LogP contribution in [0.2, 0.25) is 0 Å². The van der Waals surface area contributed by atoms with E-state index >= 15 is 0 Å². The SMILES string of the molecule is CCOC(=O)N(CC)c1nccs1. The minimum atomic E-state index is -0.333. The van der Waals surface area contributed by atoms with Crippen LogP contribution in [0.1, 0.15) is 13.8 Å². The molecule has 0 aromatic carbocycles. The van der Waals surface area contributed by atoms with Gasteiger partial charge in [-0.15, -0.1) is 11.3 Å². The number of amides is 1. The molecule has 0 aliphatic rings. The van der Waals surface area contributed by atoms with Crippen molar-refractivity contribution in [3.63, 3.8) is 0 Å². The number of hydrogen-bond acceptors (Lipinski definition) is 4. The summed E-state index contributed by atoms with van der Waals surface area (Å²) in [6, 6.07) is 0. The Hall–Kier alpha value is -1.10. The van der Waals surface area contributed by atoms with E-state index in [-0.39, 0.29) is 6.09 Å². The van der Waals surface area contributed by atoms with Gasteiger partial charge in [0.05, 0.1) is 6.61 Å². The van der Waals surface area contributed by atoms with Gasteiger partial charge in [-0.05, 0) is 13.8 Å². The summed E-state index contributed by atoms with van der Waals surface area (Å²) in [6.07, 6.45) is 1.34. The zero-order chi connectivity index (χ0) is 9.68. The monoisotopic (exact) mass is 200 g/mol. The maximum atomic E-state index is 11.3. The van der Waals surface area contributed by atoms with Gasteiger partial charge in [0.1, 0.15) is 0 Å². The van der Waals surface area contributed by atoms with Gasteiger partial charge in [-0.1, -0.05) is 0 Å². The van der Waals surface area contributed by atoms with Crippen molar-refractivity contribution in [2.45, 2.75) is 13.8 Å². The second-order valence-corrected chi connectivity index (χ2v) is 3.13. The number of hydrogen-bond donors (Lipinski definition) is 0. The number of carbonyl (C=O) groups is 1. The van der Waals surface area contributed by atoms with Gasteiger partial charge in [0, 0.05) is 18.1 Å². The van der Waals surface area contributed by atoms with Gasteiger partial charge < -0.3 is 4.74 Å². The highest BCUT2D eigenvalue weighted by Crippen LogP contribution is 2.17. The van der Waals surface area contributed by atoms with Gasteiger partial charge in [0.25, 0.3) is 0 Å². The van der Waals surface area contributed by atoms with Gasteiger partial charge in [-0.3, -0.25) is 4.90 Å². The molecule has 1 aromatic rings. The molecule has 0 saturated carbocycles. The Morgan fingerprint density at radius 3 is 2.92 bits per heavy atom. The second kappa shape index (κ2) is 4.81. The van der Waals surface area contributed by atoms with Crippen LogP contribution < -0.4 is 4.90 Å². The van der Waals surface area contributed by atoms with E-state index in [4.69, 9.17) is 4.74 Å². The largest absolute Gasteiger partial charge is 0.449 e. The zero-order valence-electron chi connectivity index (χ0n) is 7.69. The van der Waals surface area contributed by atoms with E-state index in [1.165, 1.54) is 16.2 Å². The zero-order valence-corrected chi connectivity index (χ0v) is 8.50. The lowest BCUT2D eigenvalue weighted by atomic mass is 10.6. The van der Waals surface area contributed by atoms with E-state index < -0.39 is 0 Å². The van der Waals surface area contributed by atoms with Gasteiger partial charge in [0.2, 0.25) is 0 Å². The van der Waals surface area contributed by atoms with Crippen LogP contribution in [0.5, 0.6) is 0 Å². The number of aromatic nitrogens is 1. The first-order chi connectivity index (χ1) is 6.29. The predicted octanol–water partition coefficient (Wildman–Crippen LogP) is 2.13. The predicted molar refractivity (Wildman–Crippen MR) is 52.2 cm³/mol. The van der Waals surface area contributed by atoms with Crippen LogP contribution in [-0.4, -0.2) is 24.2 Å². The number of rotatable bonds is 3. The van der Waals surface area contributed by atoms with Crippen LogP contribution in [0.4, 0.5) is 9.93 Å². The molecule has 0 radical (unpaired) electrons. The van der Waals surface area contributed by atoms with Crippen molar-refractivity contribution in [2.75, 3.05) is 18.1 Å². The summed E-state index contributed by atoms with van der Waals surface area (Å²) < 4.78 is 4.87. The topological polar surface area (TPSA) is 42.4 Å². The number of nitrogens with zero attached hydrogens (tertiary/aromatic N) is 2. The summed E-state index contributed by atoms with van der Waals surface area (Å²) in [6.45, 7) is 4.64. The van der Waals surface area contributed by atoms with Crippen LogP contribution in [-0.2, 0) is 4.74 Å². The van der Waals surface area contributed by atoms with Crippen LogP contribution in [0.3, 0.4) is 0 Å². The van der Waals surface area contributed by atoms with Gasteiger partial charge in [0.15, 0.2) is 5.13 Å². The Balaban J connectivity index is 2.68. The summed E-state index contributed by atoms with van der Waals surface area (Å²) in [5, 5.41) is 2.51. The average Bonchev–Trinajstić information content (AvgIpc) is 2.59. The lowest BCUT2D eigenvalue weighted by Gasteiger charge is -2.16. The van der Waals surface area contributed by atoms with Gasteiger partial charge in [-0.25, -0.2) is 9.78 Å². The molecule has 0 aliphatic carbocycles. The van der Waals surface area contributed by atoms with Crippen molar-refractivity contribution in [1.82, 2.24) is 4.98 Å². The Labute approximate surface area is 81.2 Å². The normalized spacial score (nSPS) is 9.69. The fourth-order valence-electron chi connectivity index (χ4n) is 0.893. The van der Waals surface area contributed by atoms with Gasteiger partial charge >= 0.3 is 6.09 Å². The molecule has 1 amide bonds. The van der Waals surface area contributed by atoms with Crippen molar-refractivity contribution in [3.8, 4) is 0 Å². The maximum Gasteiger partial charge on any atom is 0.416 e. The number of thiazole rings is 1. The van der Waals surface area contributed by atoms with E-state index in [0.717, 1.165) is 0 Å². The third kappa shape index (κ3) is 2.42. The van der Waals surface area contributed by atoms with Crippen LogP contribution in [0, 0.1) is 0 Å². The Morgan fingerprint density at radius 1 is 1.69 bits per heavy atom. The first-order valence-corrected chi connectivity index (χ1v) is 5.01. The van der Waals surface area contributed by atoms with Crippen molar-refractivity contribution >= 4 is 22.6 Å². The summed E-state index contributed by atoms with van der Waals surface area (Å²) in [7, 11) is 0. The summed E-state index contributed by atoms with van der Waals surface area (Å²) >= 11 is 1.42. The molecule has 0 bridgehead atoms. The lowest BCUT2D eigenvalue weighted by Crippen LogP contribution is -2.31. The molecule has 72 valence electrons. The van der Waals surface area contributed by atoms with Crippen LogP contribution in [0.25, 0.3) is 0 Å². The minimum Gasteiger partial charge on any atom is -0.449 e. The quantitative estimate of drug-likeness (QED) is 0.750. The molecule has 0 unspecified atom stereocenters. The van der Waals surface area contributed by atoms with Crippen molar-refractivity contribution < 1.29 is 9.53 Å². The molecule has 0 aliphatic heterocycles. The Bertz CT molecular complexity index is 261. The molecule has 0 fully saturated rings. The molecule has 4 nitrogen and oxygen atoms in total. The number of anilines is 1. The third-order valence-corrected chi connectivity index (χ3v) is 2.25. The number of ether oxygens (including phenoxy) is 1. The maximum absolute atomic E-state index is 11.3. The second-order valence-electron chi connectivity index (χ2n) is 2.26. The summed E-state index contributed by atoms with van der Waals surface area (Å²) in [5.41, 5.74) is 0. The van der Waals surface area contributed by atoms with E-state index in [0.29, 0.717) is 18.3 Å². The molecule has 0 atom stereocenters. The smallest absolute Gasteiger partial charge is 0.416 e. The first kappa shape index (κ1) is 9.98. The Morgan fingerprint density at radius 2 is 2.46 bits per heavy atom. The highest BCUT2D eigenvalue weighted by atomic mass is 32.1. The van der Waals surface area contributed by atoms with Crippen molar-refractivity contribution in [2.24, 2.45) is 0 Å². The van der Waals surface area contributed by atoms with E-state index in [9.17, 15) is 4.79 Å². The molecular weight excluding hydrogens is 188 g/mol. The van der Waals surface area contributed by atoms with Crippen LogP contribution in [0.15, 0.2) is 11.6 Å². The average molecular weight is 200 g/mol. The molecule has 13 heavy (non-hydrogen) atoms. The fraction of sp³-hybridized carbons (Fsp3) is 0.500. The molecule has 1 rings (SSSR count). The van der Waals surface area contributed by atoms with Crippen molar-refractivity contribution in [1.29, 1.82) is 0 Å². The molecule has 5 heteroatoms. The first-order valence-electron chi connectivity index (χ1n) is 4.13. The standard InChI is InChI=1S/C8H12N2O2S/c1-3-10(8(11)12-4-2)7-9-5-6-13-7/h5-6H,3-4H2,1-2H3. The highest BCUT2D eigenvalue weighted by Gasteiger charge is 2.16. The third-order valence-electron chi connectivity index (χ3n) is 1.45. The minimum absolute atomic E-state index is 0.333. The van der Waals surface area contributed by atoms with E-state index in [1.807, 2.05) is 12.3 Å². The molecule has 0 saturated heterocycles. The molecule has 0 N–H and O–H groups in total. The highest BCUT2D eigenvalue weighted by molar-refractivity contribution is 7.13. The van der Waals surface area contributed by atoms with Crippen molar-refractivity contribution in [3.05, 3.63) is 11.6 Å². The van der Waals surface area contributed by atoms with Gasteiger partial charge in [-0.2, -0.15) is 0 Å². The molecule has 1 aromatic heterocycles. The lowest BCUT2D eigenvalue weighted by molar-refractivity contribution is 0.160. The Kier molecular flexibility index (Phi) is 3.70. The summed E-state index contributed by atoms with van der Waals surface area (Å²) in [5.74, 6) is 0. The van der Waals surface area contributed by atoms with Crippen LogP contribution >= 0.6 is 11.3 Å². The molecule has 1 heterocycles. The molecule has 0 spiro atoms. The van der Waals surface area contributed by atoms with E-state index in [2.05, 4.69) is 4.98 Å².